The molecule has 0 saturated carbocycles. The van der Waals surface area contributed by atoms with Gasteiger partial charge < -0.3 is 40.0 Å². The van der Waals surface area contributed by atoms with Gasteiger partial charge in [-0.2, -0.15) is 0 Å². The maximum absolute atomic E-state index is 12.7. The smallest absolute Gasteiger partial charge is 0.306 e. The molecule has 3 aliphatic rings. The van der Waals surface area contributed by atoms with E-state index in [1.807, 2.05) is 0 Å². The van der Waals surface area contributed by atoms with Gasteiger partial charge in [0.1, 0.15) is 36.5 Å². The zero-order valence-corrected chi connectivity index (χ0v) is 18.4. The minimum atomic E-state index is -1.12. The Bertz CT molecular complexity index is 740. The van der Waals surface area contributed by atoms with Crippen LogP contribution in [-0.2, 0) is 33.4 Å². The third-order valence-electron chi connectivity index (χ3n) is 6.08. The molecule has 0 aromatic heterocycles. The lowest BCUT2D eigenvalue weighted by Crippen LogP contribution is -2.62. The number of hydrogen-bond donors (Lipinski definition) is 4. The summed E-state index contributed by atoms with van der Waals surface area (Å²) in [4.78, 5) is 49.5. The fourth-order valence-corrected chi connectivity index (χ4v) is 4.25. The van der Waals surface area contributed by atoms with Crippen LogP contribution in [0.5, 0.6) is 0 Å². The van der Waals surface area contributed by atoms with Crippen LogP contribution >= 0.6 is 0 Å². The fraction of sp³-hybridized carbons (Fsp3) is 0.800. The minimum Gasteiger partial charge on any atom is -0.481 e. The number of fused-ring (bicyclic) bond motifs is 2. The third kappa shape index (κ3) is 5.37. The van der Waals surface area contributed by atoms with E-state index in [2.05, 4.69) is 10.6 Å². The Kier molecular flexibility index (Phi) is 7.70. The number of aliphatic carboxylic acids is 1. The normalized spacial score (nSPS) is 32.1. The molecule has 180 valence electrons. The van der Waals surface area contributed by atoms with Crippen LogP contribution in [-0.4, -0.2) is 101 Å². The first-order valence-corrected chi connectivity index (χ1v) is 10.8. The maximum Gasteiger partial charge on any atom is 0.306 e. The minimum absolute atomic E-state index is 0.145. The molecule has 4 N–H and O–H groups in total. The number of piperidine rings is 1. The van der Waals surface area contributed by atoms with E-state index >= 15 is 0 Å². The van der Waals surface area contributed by atoms with Crippen LogP contribution in [0.2, 0.25) is 0 Å². The van der Waals surface area contributed by atoms with Gasteiger partial charge in [-0.3, -0.25) is 19.2 Å². The van der Waals surface area contributed by atoms with E-state index < -0.39 is 60.6 Å². The molecule has 3 amide bonds. The van der Waals surface area contributed by atoms with Gasteiger partial charge in [-0.25, -0.2) is 0 Å². The number of ether oxygens (including phenoxy) is 3. The number of nitrogens with zero attached hydrogens (tertiary/aromatic N) is 1. The summed E-state index contributed by atoms with van der Waals surface area (Å²) in [7, 11) is 0. The molecule has 12 nitrogen and oxygen atoms in total. The molecule has 0 spiro atoms. The first kappa shape index (κ1) is 24.4. The molecular weight excluding hydrogens is 426 g/mol. The molecule has 3 fully saturated rings. The topological polar surface area (TPSA) is 164 Å². The van der Waals surface area contributed by atoms with Crippen molar-refractivity contribution < 1.29 is 43.6 Å². The molecule has 0 radical (unpaired) electrons. The average Bonchev–Trinajstić information content (AvgIpc) is 3.20. The first-order chi connectivity index (χ1) is 15.1. The fourth-order valence-electron chi connectivity index (χ4n) is 4.25. The van der Waals surface area contributed by atoms with Gasteiger partial charge in [-0.1, -0.05) is 0 Å². The van der Waals surface area contributed by atoms with Crippen molar-refractivity contribution in [2.45, 2.75) is 76.4 Å². The van der Waals surface area contributed by atoms with E-state index in [-0.39, 0.29) is 18.4 Å². The molecule has 3 rings (SSSR count). The van der Waals surface area contributed by atoms with Crippen molar-refractivity contribution in [2.24, 2.45) is 5.92 Å². The summed E-state index contributed by atoms with van der Waals surface area (Å²) in [6, 6.07) is -1.63. The van der Waals surface area contributed by atoms with Crippen molar-refractivity contribution in [2.75, 3.05) is 19.7 Å². The van der Waals surface area contributed by atoms with Crippen molar-refractivity contribution in [1.82, 2.24) is 15.5 Å². The Labute approximate surface area is 185 Å². The maximum atomic E-state index is 12.7. The standard InChI is InChI=1S/C20H31N3O9/c1-9(18(27)23-6-4-12(5-7-23)19(28)29)21-17(26)10(2)31-16-14(22-11(3)24)20-30-8-13(32-20)15(16)25/h9-10,12-16,20,25H,4-8H2,1-3H3,(H,21,26)(H,22,24)(H,28,29)/t9-,10+,13+,14+,15+,16+,20+/m0/s1. The summed E-state index contributed by atoms with van der Waals surface area (Å²) in [5.74, 6) is -2.55. The molecule has 7 atom stereocenters. The number of carboxylic acid groups (broad SMARTS) is 1. The van der Waals surface area contributed by atoms with Gasteiger partial charge in [-0.05, 0) is 26.7 Å². The lowest BCUT2D eigenvalue weighted by atomic mass is 9.97. The summed E-state index contributed by atoms with van der Waals surface area (Å²) < 4.78 is 16.8. The van der Waals surface area contributed by atoms with Crippen molar-refractivity contribution in [3.8, 4) is 0 Å². The van der Waals surface area contributed by atoms with E-state index in [0.717, 1.165) is 0 Å². The Hall–Kier alpha value is -2.28. The van der Waals surface area contributed by atoms with Crippen molar-refractivity contribution in [3.05, 3.63) is 0 Å². The number of hydrogen-bond acceptors (Lipinski definition) is 8. The highest BCUT2D eigenvalue weighted by Gasteiger charge is 2.52. The average molecular weight is 457 g/mol. The molecule has 0 aromatic carbocycles. The molecule has 3 aliphatic heterocycles. The zero-order chi connectivity index (χ0) is 23.6. The second-order valence-electron chi connectivity index (χ2n) is 8.50. The molecule has 12 heteroatoms. The number of rotatable bonds is 7. The molecule has 0 aliphatic carbocycles. The number of aliphatic hydroxyl groups excluding tert-OH is 1. The number of nitrogens with one attached hydrogen (secondary N) is 2. The van der Waals surface area contributed by atoms with Crippen LogP contribution in [0.4, 0.5) is 0 Å². The monoisotopic (exact) mass is 457 g/mol. The van der Waals surface area contributed by atoms with Crippen molar-refractivity contribution >= 4 is 23.7 Å². The molecule has 32 heavy (non-hydrogen) atoms. The molecule has 3 heterocycles. The SMILES string of the molecule is CC(=O)N[C@H]1[C@@H]2OC[C@@H](O2)[C@@H](O)[C@@H]1O[C@H](C)C(=O)N[C@@H](C)C(=O)N1CCC(C(=O)O)CC1. The second-order valence-corrected chi connectivity index (χ2v) is 8.50. The predicted octanol–water partition coefficient (Wildman–Crippen LogP) is -1.79. The number of carboxylic acids is 1. The van der Waals surface area contributed by atoms with E-state index in [1.54, 1.807) is 11.8 Å². The van der Waals surface area contributed by atoms with Gasteiger partial charge in [0.15, 0.2) is 6.29 Å². The first-order valence-electron chi connectivity index (χ1n) is 10.8. The van der Waals surface area contributed by atoms with Crippen molar-refractivity contribution in [3.63, 3.8) is 0 Å². The zero-order valence-electron chi connectivity index (χ0n) is 18.4. The van der Waals surface area contributed by atoms with Gasteiger partial charge in [-0.15, -0.1) is 0 Å². The van der Waals surface area contributed by atoms with Crippen LogP contribution in [0.15, 0.2) is 0 Å². The summed E-state index contributed by atoms with van der Waals surface area (Å²) >= 11 is 0. The van der Waals surface area contributed by atoms with Crippen LogP contribution in [0.3, 0.4) is 0 Å². The molecule has 0 unspecified atom stereocenters. The highest BCUT2D eigenvalue weighted by atomic mass is 16.7. The number of amides is 3. The summed E-state index contributed by atoms with van der Waals surface area (Å²) in [5, 5.41) is 24.9. The van der Waals surface area contributed by atoms with Gasteiger partial charge in [0.05, 0.1) is 12.5 Å². The molecule has 2 bridgehead atoms. The van der Waals surface area contributed by atoms with Crippen LogP contribution in [0.1, 0.15) is 33.6 Å². The Morgan fingerprint density at radius 3 is 2.41 bits per heavy atom. The second kappa shape index (κ2) is 10.1. The molecule has 3 saturated heterocycles. The van der Waals surface area contributed by atoms with Gasteiger partial charge in [0.2, 0.25) is 17.7 Å². The summed E-state index contributed by atoms with van der Waals surface area (Å²) in [6.45, 7) is 5.13. The number of carbonyl (C=O) groups is 4. The van der Waals surface area contributed by atoms with Crippen molar-refractivity contribution in [1.29, 1.82) is 0 Å². The quantitative estimate of drug-likeness (QED) is 0.346. The number of aliphatic hydroxyl groups is 1. The Morgan fingerprint density at radius 2 is 1.81 bits per heavy atom. The van der Waals surface area contributed by atoms with E-state index in [0.29, 0.717) is 25.9 Å². The summed E-state index contributed by atoms with van der Waals surface area (Å²) in [6.07, 6.45) is -3.75. The lowest BCUT2D eigenvalue weighted by Gasteiger charge is -2.39. The van der Waals surface area contributed by atoms with E-state index in [4.69, 9.17) is 19.3 Å². The number of likely N-dealkylation sites (tertiary alicyclic amines) is 1. The molecular formula is C20H31N3O9. The van der Waals surface area contributed by atoms with E-state index in [9.17, 15) is 24.3 Å². The lowest BCUT2D eigenvalue weighted by molar-refractivity contribution is -0.209. The Balaban J connectivity index is 1.55. The number of carbonyl (C=O) groups excluding carboxylic acids is 3. The van der Waals surface area contributed by atoms with E-state index in [1.165, 1.54) is 13.8 Å². The summed E-state index contributed by atoms with van der Waals surface area (Å²) in [5.41, 5.74) is 0. The van der Waals surface area contributed by atoms with Gasteiger partial charge >= 0.3 is 5.97 Å². The van der Waals surface area contributed by atoms with Gasteiger partial charge in [0, 0.05) is 20.0 Å². The van der Waals surface area contributed by atoms with Crippen LogP contribution < -0.4 is 10.6 Å². The van der Waals surface area contributed by atoms with Crippen LogP contribution in [0.25, 0.3) is 0 Å². The highest BCUT2D eigenvalue weighted by Crippen LogP contribution is 2.30. The van der Waals surface area contributed by atoms with Crippen LogP contribution in [0, 0.1) is 5.92 Å². The Morgan fingerprint density at radius 1 is 1.16 bits per heavy atom. The van der Waals surface area contributed by atoms with Gasteiger partial charge in [0.25, 0.3) is 0 Å². The highest BCUT2D eigenvalue weighted by molar-refractivity contribution is 5.89. The largest absolute Gasteiger partial charge is 0.481 e. The molecule has 0 aromatic rings. The third-order valence-corrected chi connectivity index (χ3v) is 6.08. The predicted molar refractivity (Wildman–Crippen MR) is 107 cm³/mol.